The minimum absolute atomic E-state index is 0.104. The summed E-state index contributed by atoms with van der Waals surface area (Å²) in [5, 5.41) is 12.1. The number of hydrogen-bond donors (Lipinski definition) is 2. The summed E-state index contributed by atoms with van der Waals surface area (Å²) in [6.07, 6.45) is 2.23. The number of nitrogens with one attached hydrogen (secondary N) is 1. The molecule has 0 aliphatic carbocycles. The van der Waals surface area contributed by atoms with Crippen molar-refractivity contribution in [2.45, 2.75) is 44.6 Å². The Balaban J connectivity index is 2.60. The highest BCUT2D eigenvalue weighted by Crippen LogP contribution is 2.26. The van der Waals surface area contributed by atoms with Crippen molar-refractivity contribution < 1.29 is 19.4 Å². The molecule has 0 aromatic heterocycles. The number of carboxylic acids is 1. The van der Waals surface area contributed by atoms with Crippen LogP contribution in [0.3, 0.4) is 0 Å². The topological polar surface area (TPSA) is 75.6 Å². The van der Waals surface area contributed by atoms with Gasteiger partial charge >= 0.3 is 5.97 Å². The Kier molecular flexibility index (Phi) is 7.42. The molecule has 0 aliphatic rings. The summed E-state index contributed by atoms with van der Waals surface area (Å²) in [5.74, 6) is -0.587. The van der Waals surface area contributed by atoms with Gasteiger partial charge in [-0.1, -0.05) is 13.8 Å². The first-order chi connectivity index (χ1) is 10.9. The van der Waals surface area contributed by atoms with Gasteiger partial charge in [-0.05, 0) is 50.3 Å². The first-order valence-electron chi connectivity index (χ1n) is 7.70. The van der Waals surface area contributed by atoms with Gasteiger partial charge < -0.3 is 15.2 Å². The molecule has 0 heterocycles. The Morgan fingerprint density at radius 2 is 1.83 bits per heavy atom. The average molecular weight is 339 g/mol. The minimum Gasteiger partial charge on any atom is -0.481 e. The minimum atomic E-state index is -0.921. The highest BCUT2D eigenvalue weighted by Gasteiger charge is 2.35. The van der Waals surface area contributed by atoms with E-state index in [1.165, 1.54) is 0 Å². The molecule has 0 saturated heterocycles. The second kappa shape index (κ2) is 8.82. The van der Waals surface area contributed by atoms with Crippen LogP contribution < -0.4 is 10.1 Å². The maximum absolute atomic E-state index is 12.1. The lowest BCUT2D eigenvalue weighted by Gasteiger charge is -2.27. The molecular weight excluding hydrogens is 314 g/mol. The van der Waals surface area contributed by atoms with E-state index in [1.807, 2.05) is 44.4 Å². The molecule has 1 amide bonds. The molecule has 6 heteroatoms. The average Bonchev–Trinajstić information content (AvgIpc) is 2.56. The number of amides is 1. The van der Waals surface area contributed by atoms with E-state index in [0.29, 0.717) is 18.6 Å². The van der Waals surface area contributed by atoms with Crippen molar-refractivity contribution in [2.75, 3.05) is 12.8 Å². The van der Waals surface area contributed by atoms with Gasteiger partial charge in [-0.25, -0.2) is 0 Å². The van der Waals surface area contributed by atoms with Crippen LogP contribution in [0.15, 0.2) is 29.2 Å². The molecule has 1 atom stereocenters. The maximum atomic E-state index is 12.1. The fourth-order valence-corrected chi connectivity index (χ4v) is 2.60. The molecule has 128 valence electrons. The van der Waals surface area contributed by atoms with Crippen molar-refractivity contribution in [3.63, 3.8) is 0 Å². The van der Waals surface area contributed by atoms with Crippen molar-refractivity contribution in [1.29, 1.82) is 0 Å². The first kappa shape index (κ1) is 19.4. The number of carbonyl (C=O) groups excluding carboxylic acids is 1. The van der Waals surface area contributed by atoms with Gasteiger partial charge in [0.05, 0.1) is 5.41 Å². The number of hydrogen-bond acceptors (Lipinski definition) is 4. The second-order valence-electron chi connectivity index (χ2n) is 5.45. The standard InChI is InChI=1S/C17H25NO4S/c1-5-17(6-2,16(20)21)11-18-15(19)12(3)22-13-7-9-14(23-4)10-8-13/h7-10,12H,5-6,11H2,1-4H3,(H,18,19)(H,20,21). The van der Waals surface area contributed by atoms with E-state index in [2.05, 4.69) is 5.32 Å². The molecule has 1 aromatic carbocycles. The molecule has 0 bridgehead atoms. The zero-order valence-electron chi connectivity index (χ0n) is 14.1. The van der Waals surface area contributed by atoms with Crippen LogP contribution in [0.1, 0.15) is 33.6 Å². The lowest BCUT2D eigenvalue weighted by atomic mass is 9.82. The maximum Gasteiger partial charge on any atom is 0.311 e. The van der Waals surface area contributed by atoms with Crippen LogP contribution in [0.4, 0.5) is 0 Å². The largest absolute Gasteiger partial charge is 0.481 e. The normalized spacial score (nSPS) is 12.5. The van der Waals surface area contributed by atoms with Crippen LogP contribution in [0.5, 0.6) is 5.75 Å². The van der Waals surface area contributed by atoms with Gasteiger partial charge in [0.2, 0.25) is 0 Å². The van der Waals surface area contributed by atoms with Crippen molar-refractivity contribution in [3.05, 3.63) is 24.3 Å². The zero-order chi connectivity index (χ0) is 17.5. The highest BCUT2D eigenvalue weighted by atomic mass is 32.2. The Hall–Kier alpha value is -1.69. The number of rotatable bonds is 9. The third kappa shape index (κ3) is 5.16. The van der Waals surface area contributed by atoms with Crippen molar-refractivity contribution in [1.82, 2.24) is 5.32 Å². The molecule has 2 N–H and O–H groups in total. The Labute approximate surface area is 141 Å². The molecule has 0 spiro atoms. The van der Waals surface area contributed by atoms with Crippen LogP contribution >= 0.6 is 11.8 Å². The van der Waals surface area contributed by atoms with Crippen LogP contribution in [-0.2, 0) is 9.59 Å². The van der Waals surface area contributed by atoms with E-state index in [9.17, 15) is 14.7 Å². The van der Waals surface area contributed by atoms with E-state index in [4.69, 9.17) is 4.74 Å². The predicted molar refractivity (Wildman–Crippen MR) is 92.0 cm³/mol. The van der Waals surface area contributed by atoms with Gasteiger partial charge in [0.25, 0.3) is 5.91 Å². The van der Waals surface area contributed by atoms with Gasteiger partial charge in [0.15, 0.2) is 6.10 Å². The summed E-state index contributed by atoms with van der Waals surface area (Å²) >= 11 is 1.63. The molecule has 0 saturated carbocycles. The summed E-state index contributed by atoms with van der Waals surface area (Å²) in [6, 6.07) is 7.48. The lowest BCUT2D eigenvalue weighted by Crippen LogP contribution is -2.46. The Bertz CT molecular complexity index is 526. The van der Waals surface area contributed by atoms with Crippen LogP contribution in [0, 0.1) is 5.41 Å². The summed E-state index contributed by atoms with van der Waals surface area (Å²) in [7, 11) is 0. The molecule has 1 unspecified atom stereocenters. The number of ether oxygens (including phenoxy) is 1. The number of benzene rings is 1. The molecule has 0 aliphatic heterocycles. The van der Waals surface area contributed by atoms with Gasteiger partial charge in [-0.3, -0.25) is 9.59 Å². The van der Waals surface area contributed by atoms with E-state index < -0.39 is 17.5 Å². The molecular formula is C17H25NO4S. The van der Waals surface area contributed by atoms with Crippen molar-refractivity contribution in [3.8, 4) is 5.75 Å². The predicted octanol–water partition coefficient (Wildman–Crippen LogP) is 3.18. The van der Waals surface area contributed by atoms with Gasteiger partial charge in [0.1, 0.15) is 5.75 Å². The number of aliphatic carboxylic acids is 1. The quantitative estimate of drug-likeness (QED) is 0.676. The van der Waals surface area contributed by atoms with Gasteiger partial charge in [-0.2, -0.15) is 0 Å². The van der Waals surface area contributed by atoms with E-state index >= 15 is 0 Å². The lowest BCUT2D eigenvalue weighted by molar-refractivity contribution is -0.149. The third-order valence-corrected chi connectivity index (χ3v) is 4.89. The Morgan fingerprint density at radius 3 is 2.26 bits per heavy atom. The van der Waals surface area contributed by atoms with Gasteiger partial charge in [0, 0.05) is 11.4 Å². The molecule has 0 fully saturated rings. The van der Waals surface area contributed by atoms with E-state index in [1.54, 1.807) is 18.7 Å². The fraction of sp³-hybridized carbons (Fsp3) is 0.529. The monoisotopic (exact) mass is 339 g/mol. The number of thioether (sulfide) groups is 1. The molecule has 1 aromatic rings. The molecule has 1 rings (SSSR count). The highest BCUT2D eigenvalue weighted by molar-refractivity contribution is 7.98. The van der Waals surface area contributed by atoms with Crippen molar-refractivity contribution >= 4 is 23.6 Å². The molecule has 23 heavy (non-hydrogen) atoms. The zero-order valence-corrected chi connectivity index (χ0v) is 14.9. The summed E-state index contributed by atoms with van der Waals surface area (Å²) in [6.45, 7) is 5.39. The summed E-state index contributed by atoms with van der Waals surface area (Å²) in [4.78, 5) is 24.7. The SMILES string of the molecule is CCC(CC)(CNC(=O)C(C)Oc1ccc(SC)cc1)C(=O)O. The number of carbonyl (C=O) groups is 2. The summed E-state index contributed by atoms with van der Waals surface area (Å²) in [5.41, 5.74) is -0.921. The van der Waals surface area contributed by atoms with Crippen LogP contribution in [0.25, 0.3) is 0 Å². The number of carboxylic acid groups (broad SMARTS) is 1. The van der Waals surface area contributed by atoms with Crippen molar-refractivity contribution in [2.24, 2.45) is 5.41 Å². The van der Waals surface area contributed by atoms with Gasteiger partial charge in [-0.15, -0.1) is 11.8 Å². The first-order valence-corrected chi connectivity index (χ1v) is 8.92. The van der Waals surface area contributed by atoms with E-state index in [0.717, 1.165) is 4.90 Å². The Morgan fingerprint density at radius 1 is 1.26 bits per heavy atom. The van der Waals surface area contributed by atoms with Crippen LogP contribution in [-0.4, -0.2) is 35.9 Å². The fourth-order valence-electron chi connectivity index (χ4n) is 2.19. The van der Waals surface area contributed by atoms with Crippen LogP contribution in [0.2, 0.25) is 0 Å². The summed E-state index contributed by atoms with van der Waals surface area (Å²) < 4.78 is 5.60. The second-order valence-corrected chi connectivity index (χ2v) is 6.33. The molecule has 5 nitrogen and oxygen atoms in total. The third-order valence-electron chi connectivity index (χ3n) is 4.15. The van der Waals surface area contributed by atoms with E-state index in [-0.39, 0.29) is 12.5 Å². The molecule has 0 radical (unpaired) electrons. The smallest absolute Gasteiger partial charge is 0.311 e.